The number of hydrogen-bond acceptors (Lipinski definition) is 3. The number of rotatable bonds is 10. The molecule has 0 aromatic heterocycles. The quantitative estimate of drug-likeness (QED) is 0.607. The average Bonchev–Trinajstić information content (AvgIpc) is 2.55. The lowest BCUT2D eigenvalue weighted by Gasteiger charge is -2.39. The average molecular weight is 362 g/mol. The second kappa shape index (κ2) is 10.4. The molecule has 0 aromatic carbocycles. The minimum absolute atomic E-state index is 0.00640. The molecular weight excluding hydrogens is 326 g/mol. The summed E-state index contributed by atoms with van der Waals surface area (Å²) in [6.45, 7) is 10.0. The summed E-state index contributed by atoms with van der Waals surface area (Å²) >= 11 is 0. The molecule has 0 saturated carbocycles. The third-order valence-corrected chi connectivity index (χ3v) is 6.71. The molecule has 1 heterocycles. The van der Waals surface area contributed by atoms with Crippen LogP contribution in [0.15, 0.2) is 0 Å². The summed E-state index contributed by atoms with van der Waals surface area (Å²) in [5.74, 6) is -0.244. The minimum Gasteiger partial charge on any atom is -0.356 e. The highest BCUT2D eigenvalue weighted by Crippen LogP contribution is 2.26. The normalized spacial score (nSPS) is 22.7. The van der Waals surface area contributed by atoms with Crippen LogP contribution in [-0.2, 0) is 15.0 Å². The fraction of sp³-hybridized carbons (Fsp3) is 0.941. The molecule has 0 bridgehead atoms. The van der Waals surface area contributed by atoms with Crippen molar-refractivity contribution in [3.05, 3.63) is 0 Å². The number of nitrogens with one attached hydrogen (secondary N) is 1. The zero-order valence-corrected chi connectivity index (χ0v) is 16.6. The van der Waals surface area contributed by atoms with E-state index in [0.717, 1.165) is 38.5 Å². The summed E-state index contributed by atoms with van der Waals surface area (Å²) in [4.78, 5) is 12.3. The van der Waals surface area contributed by atoms with Gasteiger partial charge in [0.25, 0.3) is 10.2 Å². The Morgan fingerprint density at radius 3 is 2.29 bits per heavy atom. The van der Waals surface area contributed by atoms with Gasteiger partial charge in [-0.3, -0.25) is 4.79 Å². The lowest BCUT2D eigenvalue weighted by Crippen LogP contribution is -2.54. The van der Waals surface area contributed by atoms with Crippen molar-refractivity contribution in [3.8, 4) is 0 Å². The highest BCUT2D eigenvalue weighted by Gasteiger charge is 2.39. The summed E-state index contributed by atoms with van der Waals surface area (Å²) in [5.41, 5.74) is 0. The Labute approximate surface area is 148 Å². The van der Waals surface area contributed by atoms with Gasteiger partial charge in [0.2, 0.25) is 5.91 Å². The first-order chi connectivity index (χ1) is 11.4. The van der Waals surface area contributed by atoms with Crippen molar-refractivity contribution in [2.45, 2.75) is 72.3 Å². The molecule has 0 aromatic rings. The Bertz CT molecular complexity index is 475. The summed E-state index contributed by atoms with van der Waals surface area (Å²) < 4.78 is 29.2. The maximum atomic E-state index is 13.0. The van der Waals surface area contributed by atoms with E-state index in [0.29, 0.717) is 26.2 Å². The predicted octanol–water partition coefficient (Wildman–Crippen LogP) is 2.37. The third kappa shape index (κ3) is 5.70. The smallest absolute Gasteiger partial charge is 0.282 e. The molecule has 1 aliphatic heterocycles. The SMILES string of the molecule is CCCCNC(=O)C1CCC(C)N(S(=O)(=O)N(CCC)CCC)C1. The molecule has 1 rings (SSSR count). The van der Waals surface area contributed by atoms with E-state index >= 15 is 0 Å². The fourth-order valence-electron chi connectivity index (χ4n) is 3.13. The molecule has 2 atom stereocenters. The van der Waals surface area contributed by atoms with Crippen molar-refractivity contribution in [2.24, 2.45) is 5.92 Å². The third-order valence-electron chi connectivity index (χ3n) is 4.59. The van der Waals surface area contributed by atoms with E-state index < -0.39 is 10.2 Å². The van der Waals surface area contributed by atoms with Crippen LogP contribution in [0.2, 0.25) is 0 Å². The van der Waals surface area contributed by atoms with Gasteiger partial charge >= 0.3 is 0 Å². The monoisotopic (exact) mass is 361 g/mol. The van der Waals surface area contributed by atoms with Gasteiger partial charge in [-0.25, -0.2) is 0 Å². The van der Waals surface area contributed by atoms with E-state index in [1.165, 1.54) is 0 Å². The van der Waals surface area contributed by atoms with Crippen LogP contribution in [0.5, 0.6) is 0 Å². The van der Waals surface area contributed by atoms with Crippen LogP contribution < -0.4 is 5.32 Å². The van der Waals surface area contributed by atoms with Crippen molar-refractivity contribution in [3.63, 3.8) is 0 Å². The molecule has 1 N–H and O–H groups in total. The first kappa shape index (κ1) is 21.4. The van der Waals surface area contributed by atoms with Crippen molar-refractivity contribution >= 4 is 16.1 Å². The summed E-state index contributed by atoms with van der Waals surface area (Å²) in [6, 6.07) is -0.0501. The van der Waals surface area contributed by atoms with Gasteiger partial charge in [0, 0.05) is 32.2 Å². The molecule has 24 heavy (non-hydrogen) atoms. The van der Waals surface area contributed by atoms with Crippen LogP contribution in [0.25, 0.3) is 0 Å². The number of hydrogen-bond donors (Lipinski definition) is 1. The number of piperidine rings is 1. The van der Waals surface area contributed by atoms with E-state index in [1.54, 1.807) is 8.61 Å². The van der Waals surface area contributed by atoms with E-state index in [1.807, 2.05) is 20.8 Å². The molecule has 1 saturated heterocycles. The topological polar surface area (TPSA) is 69.7 Å². The van der Waals surface area contributed by atoms with Crippen LogP contribution in [0, 0.1) is 5.92 Å². The number of amides is 1. The van der Waals surface area contributed by atoms with Crippen molar-refractivity contribution in [2.75, 3.05) is 26.2 Å². The Morgan fingerprint density at radius 1 is 1.12 bits per heavy atom. The predicted molar refractivity (Wildman–Crippen MR) is 97.9 cm³/mol. The van der Waals surface area contributed by atoms with Gasteiger partial charge in [0.15, 0.2) is 0 Å². The zero-order chi connectivity index (χ0) is 18.2. The van der Waals surface area contributed by atoms with Crippen molar-refractivity contribution in [1.82, 2.24) is 13.9 Å². The van der Waals surface area contributed by atoms with Gasteiger partial charge in [0.05, 0.1) is 5.92 Å². The van der Waals surface area contributed by atoms with Crippen molar-refractivity contribution in [1.29, 1.82) is 0 Å². The van der Waals surface area contributed by atoms with Crippen LogP contribution in [0.1, 0.15) is 66.2 Å². The molecule has 1 fully saturated rings. The largest absolute Gasteiger partial charge is 0.356 e. The Kier molecular flexibility index (Phi) is 9.23. The molecule has 1 amide bonds. The van der Waals surface area contributed by atoms with Gasteiger partial charge in [-0.1, -0.05) is 27.2 Å². The standard InChI is InChI=1S/C17H35N3O3S/c1-5-8-11-18-17(21)16-10-9-15(4)20(14-16)24(22,23)19(12-6-2)13-7-3/h15-16H,5-14H2,1-4H3,(H,18,21). The molecular formula is C17H35N3O3S. The maximum absolute atomic E-state index is 13.0. The van der Waals surface area contributed by atoms with Crippen LogP contribution in [0.4, 0.5) is 0 Å². The molecule has 7 heteroatoms. The van der Waals surface area contributed by atoms with Crippen LogP contribution in [-0.4, -0.2) is 55.2 Å². The summed E-state index contributed by atoms with van der Waals surface area (Å²) in [5, 5.41) is 2.95. The first-order valence-electron chi connectivity index (χ1n) is 9.43. The second-order valence-electron chi connectivity index (χ2n) is 6.74. The number of carbonyl (C=O) groups excluding carboxylic acids is 1. The van der Waals surface area contributed by atoms with E-state index in [9.17, 15) is 13.2 Å². The Balaban J connectivity index is 2.81. The molecule has 142 valence electrons. The molecule has 0 aliphatic carbocycles. The van der Waals surface area contributed by atoms with Crippen molar-refractivity contribution < 1.29 is 13.2 Å². The summed E-state index contributed by atoms with van der Waals surface area (Å²) in [7, 11) is -3.50. The maximum Gasteiger partial charge on any atom is 0.282 e. The van der Waals surface area contributed by atoms with Gasteiger partial charge in [-0.05, 0) is 39.0 Å². The number of carbonyl (C=O) groups is 1. The van der Waals surface area contributed by atoms with E-state index in [-0.39, 0.29) is 17.9 Å². The van der Waals surface area contributed by atoms with E-state index in [2.05, 4.69) is 12.2 Å². The lowest BCUT2D eigenvalue weighted by atomic mass is 9.94. The Morgan fingerprint density at radius 2 is 1.75 bits per heavy atom. The fourth-order valence-corrected chi connectivity index (χ4v) is 5.18. The lowest BCUT2D eigenvalue weighted by molar-refractivity contribution is -0.126. The molecule has 1 aliphatic rings. The summed E-state index contributed by atoms with van der Waals surface area (Å²) in [6.07, 6.45) is 5.07. The Hall–Kier alpha value is -0.660. The molecule has 0 radical (unpaired) electrons. The first-order valence-corrected chi connectivity index (χ1v) is 10.8. The van der Waals surface area contributed by atoms with Gasteiger partial charge in [-0.2, -0.15) is 17.0 Å². The molecule has 2 unspecified atom stereocenters. The van der Waals surface area contributed by atoms with Crippen LogP contribution in [0.3, 0.4) is 0 Å². The highest BCUT2D eigenvalue weighted by atomic mass is 32.2. The molecule has 6 nitrogen and oxygen atoms in total. The number of unbranched alkanes of at least 4 members (excludes halogenated alkanes) is 1. The minimum atomic E-state index is -3.50. The molecule has 0 spiro atoms. The van der Waals surface area contributed by atoms with Crippen LogP contribution >= 0.6 is 0 Å². The van der Waals surface area contributed by atoms with Gasteiger partial charge in [-0.15, -0.1) is 0 Å². The van der Waals surface area contributed by atoms with E-state index in [4.69, 9.17) is 0 Å². The second-order valence-corrected chi connectivity index (χ2v) is 8.63. The van der Waals surface area contributed by atoms with Gasteiger partial charge in [0.1, 0.15) is 0 Å². The zero-order valence-electron chi connectivity index (χ0n) is 15.8. The van der Waals surface area contributed by atoms with Gasteiger partial charge < -0.3 is 5.32 Å². The number of nitrogens with zero attached hydrogens (tertiary/aromatic N) is 2. The highest BCUT2D eigenvalue weighted by molar-refractivity contribution is 7.86.